The van der Waals surface area contributed by atoms with Crippen LogP contribution >= 0.6 is 0 Å². The fourth-order valence-electron chi connectivity index (χ4n) is 6.57. The Hall–Kier alpha value is -3.45. The number of hydrogen-bond donors (Lipinski definition) is 1. The average molecular weight is 529 g/mol. The van der Waals surface area contributed by atoms with E-state index in [0.29, 0.717) is 24.6 Å². The monoisotopic (exact) mass is 528 g/mol. The van der Waals surface area contributed by atoms with Crippen molar-refractivity contribution in [3.63, 3.8) is 0 Å². The molecular formula is C32H37FN4O2. The molecule has 1 unspecified atom stereocenters. The van der Waals surface area contributed by atoms with E-state index in [2.05, 4.69) is 9.88 Å². The van der Waals surface area contributed by atoms with Gasteiger partial charge in [-0.05, 0) is 100 Å². The number of unbranched alkanes of at least 4 members (excludes halogenated alkanes) is 1. The number of rotatable bonds is 7. The summed E-state index contributed by atoms with van der Waals surface area (Å²) in [5.74, 6) is 0.175. The first kappa shape index (κ1) is 25.8. The molecule has 1 saturated heterocycles. The number of hydrogen-bond acceptors (Lipinski definition) is 3. The summed E-state index contributed by atoms with van der Waals surface area (Å²) < 4.78 is 17.2. The number of benzene rings is 2. The smallest absolute Gasteiger partial charge is 0.331 e. The second kappa shape index (κ2) is 11.0. The molecule has 2 aromatic heterocycles. The van der Waals surface area contributed by atoms with Crippen molar-refractivity contribution >= 4 is 10.9 Å². The first-order valence-corrected chi connectivity index (χ1v) is 14.4. The number of H-pyrrole nitrogens is 1. The molecule has 7 heteroatoms. The minimum Gasteiger partial charge on any atom is -0.361 e. The fourth-order valence-corrected chi connectivity index (χ4v) is 6.57. The highest BCUT2D eigenvalue weighted by Gasteiger charge is 2.25. The van der Waals surface area contributed by atoms with E-state index in [-0.39, 0.29) is 17.1 Å². The summed E-state index contributed by atoms with van der Waals surface area (Å²) >= 11 is 0. The number of aryl methyl sites for hydroxylation is 1. The molecule has 0 amide bonds. The van der Waals surface area contributed by atoms with Gasteiger partial charge in [0.15, 0.2) is 0 Å². The maximum Gasteiger partial charge on any atom is 0.331 e. The Morgan fingerprint density at radius 3 is 2.64 bits per heavy atom. The zero-order valence-corrected chi connectivity index (χ0v) is 22.7. The lowest BCUT2D eigenvalue weighted by atomic mass is 9.90. The minimum atomic E-state index is -0.199. The van der Waals surface area contributed by atoms with E-state index in [4.69, 9.17) is 0 Å². The van der Waals surface area contributed by atoms with Crippen LogP contribution < -0.4 is 11.2 Å². The Morgan fingerprint density at radius 2 is 1.79 bits per heavy atom. The summed E-state index contributed by atoms with van der Waals surface area (Å²) in [5.41, 5.74) is 5.52. The van der Waals surface area contributed by atoms with Crippen LogP contribution in [0.1, 0.15) is 61.3 Å². The molecule has 1 atom stereocenters. The second-order valence-electron chi connectivity index (χ2n) is 11.3. The van der Waals surface area contributed by atoms with E-state index in [1.807, 2.05) is 48.0 Å². The molecule has 6 rings (SSSR count). The standard InChI is InChI=1S/C32H37FN4O2/c1-22-9-11-23(12-10-22)30-29-8-2-3-17-36(29)32(39)37(31(30)38)18-5-4-15-35-16-6-7-24(21-35)27-20-34-28-14-13-25(33)19-26(27)28/h9-14,19-20,24,34H,2-8,15-18,21H2,1H3. The van der Waals surface area contributed by atoms with Crippen molar-refractivity contribution in [2.45, 2.75) is 70.9 Å². The fraction of sp³-hybridized carbons (Fsp3) is 0.438. The average Bonchev–Trinajstić information content (AvgIpc) is 3.37. The molecule has 2 aliphatic heterocycles. The highest BCUT2D eigenvalue weighted by molar-refractivity contribution is 5.83. The first-order chi connectivity index (χ1) is 19.0. The van der Waals surface area contributed by atoms with E-state index in [0.717, 1.165) is 92.3 Å². The van der Waals surface area contributed by atoms with Crippen LogP contribution in [0.3, 0.4) is 0 Å². The molecule has 0 saturated carbocycles. The van der Waals surface area contributed by atoms with Gasteiger partial charge in [0.2, 0.25) is 0 Å². The molecule has 2 aliphatic rings. The lowest BCUT2D eigenvalue weighted by Crippen LogP contribution is -2.44. The number of aromatic amines is 1. The van der Waals surface area contributed by atoms with Gasteiger partial charge in [-0.3, -0.25) is 13.9 Å². The predicted octanol–water partition coefficient (Wildman–Crippen LogP) is 5.60. The van der Waals surface area contributed by atoms with Crippen LogP contribution in [0.25, 0.3) is 22.0 Å². The third-order valence-electron chi connectivity index (χ3n) is 8.65. The third kappa shape index (κ3) is 5.12. The number of nitrogens with one attached hydrogen (secondary N) is 1. The number of halogens is 1. The quantitative estimate of drug-likeness (QED) is 0.318. The van der Waals surface area contributed by atoms with Crippen LogP contribution in [0.4, 0.5) is 4.39 Å². The molecule has 4 aromatic rings. The molecule has 1 N–H and O–H groups in total. The molecule has 39 heavy (non-hydrogen) atoms. The van der Waals surface area contributed by atoms with Crippen molar-refractivity contribution in [3.8, 4) is 11.1 Å². The Balaban J connectivity index is 1.15. The molecule has 0 radical (unpaired) electrons. The second-order valence-corrected chi connectivity index (χ2v) is 11.3. The van der Waals surface area contributed by atoms with Crippen molar-refractivity contribution in [2.24, 2.45) is 0 Å². The molecule has 6 nitrogen and oxygen atoms in total. The lowest BCUT2D eigenvalue weighted by Gasteiger charge is -2.32. The zero-order chi connectivity index (χ0) is 26.9. The maximum atomic E-state index is 13.9. The predicted molar refractivity (Wildman–Crippen MR) is 154 cm³/mol. The Morgan fingerprint density at radius 1 is 0.974 bits per heavy atom. The van der Waals surface area contributed by atoms with Crippen LogP contribution in [-0.2, 0) is 19.5 Å². The van der Waals surface area contributed by atoms with Crippen LogP contribution in [0.2, 0.25) is 0 Å². The number of likely N-dealkylation sites (tertiary alicyclic amines) is 1. The number of nitrogens with zero attached hydrogens (tertiary/aromatic N) is 3. The van der Waals surface area contributed by atoms with E-state index in [1.54, 1.807) is 6.07 Å². The largest absolute Gasteiger partial charge is 0.361 e. The summed E-state index contributed by atoms with van der Waals surface area (Å²) in [5, 5.41) is 0.985. The van der Waals surface area contributed by atoms with Gasteiger partial charge in [0.25, 0.3) is 5.56 Å². The summed E-state index contributed by atoms with van der Waals surface area (Å²) in [6.07, 6.45) is 8.70. The molecule has 0 spiro atoms. The van der Waals surface area contributed by atoms with Gasteiger partial charge in [0.1, 0.15) is 5.82 Å². The third-order valence-corrected chi connectivity index (χ3v) is 8.65. The van der Waals surface area contributed by atoms with Gasteiger partial charge in [-0.2, -0.15) is 0 Å². The summed E-state index contributed by atoms with van der Waals surface area (Å²) in [6, 6.07) is 13.0. The Kier molecular flexibility index (Phi) is 7.26. The number of aromatic nitrogens is 3. The van der Waals surface area contributed by atoms with E-state index >= 15 is 0 Å². The molecular weight excluding hydrogens is 491 g/mol. The number of fused-ring (bicyclic) bond motifs is 2. The van der Waals surface area contributed by atoms with Crippen molar-refractivity contribution in [1.29, 1.82) is 0 Å². The van der Waals surface area contributed by atoms with E-state index in [9.17, 15) is 14.0 Å². The van der Waals surface area contributed by atoms with Gasteiger partial charge < -0.3 is 9.88 Å². The van der Waals surface area contributed by atoms with Gasteiger partial charge in [-0.1, -0.05) is 29.8 Å². The lowest BCUT2D eigenvalue weighted by molar-refractivity contribution is 0.204. The van der Waals surface area contributed by atoms with Gasteiger partial charge in [0, 0.05) is 42.4 Å². The van der Waals surface area contributed by atoms with E-state index in [1.165, 1.54) is 16.2 Å². The topological polar surface area (TPSA) is 63.0 Å². The van der Waals surface area contributed by atoms with Crippen molar-refractivity contribution in [1.82, 2.24) is 19.0 Å². The van der Waals surface area contributed by atoms with Gasteiger partial charge in [-0.25, -0.2) is 9.18 Å². The molecule has 1 fully saturated rings. The first-order valence-electron chi connectivity index (χ1n) is 14.4. The Labute approximate surface area is 228 Å². The van der Waals surface area contributed by atoms with Crippen LogP contribution in [0, 0.1) is 12.7 Å². The van der Waals surface area contributed by atoms with Gasteiger partial charge in [-0.15, -0.1) is 0 Å². The minimum absolute atomic E-state index is 0.151. The SMILES string of the molecule is Cc1ccc(-c2c3n(c(=O)n(CCCCN4CCCC(c5c[nH]c6ccc(F)cc56)C4)c2=O)CCCC3)cc1. The molecule has 4 heterocycles. The van der Waals surface area contributed by atoms with E-state index < -0.39 is 0 Å². The summed E-state index contributed by atoms with van der Waals surface area (Å²) in [4.78, 5) is 32.8. The maximum absolute atomic E-state index is 13.9. The van der Waals surface area contributed by atoms with Crippen LogP contribution in [0.15, 0.2) is 58.3 Å². The van der Waals surface area contributed by atoms with Crippen molar-refractivity contribution in [2.75, 3.05) is 19.6 Å². The Bertz CT molecular complexity index is 1600. The highest BCUT2D eigenvalue weighted by Crippen LogP contribution is 2.32. The van der Waals surface area contributed by atoms with Crippen LogP contribution in [0.5, 0.6) is 0 Å². The van der Waals surface area contributed by atoms with Crippen molar-refractivity contribution < 1.29 is 4.39 Å². The summed E-state index contributed by atoms with van der Waals surface area (Å²) in [7, 11) is 0. The van der Waals surface area contributed by atoms with Crippen molar-refractivity contribution in [3.05, 3.63) is 92.1 Å². The zero-order valence-electron chi connectivity index (χ0n) is 22.7. The highest BCUT2D eigenvalue weighted by atomic mass is 19.1. The normalized spacial score (nSPS) is 17.9. The molecule has 2 aromatic carbocycles. The molecule has 0 aliphatic carbocycles. The van der Waals surface area contributed by atoms with Crippen LogP contribution in [-0.4, -0.2) is 38.7 Å². The summed E-state index contributed by atoms with van der Waals surface area (Å²) in [6.45, 7) is 6.09. The molecule has 204 valence electrons. The van der Waals surface area contributed by atoms with Gasteiger partial charge >= 0.3 is 5.69 Å². The number of piperidine rings is 1. The molecule has 0 bridgehead atoms. The van der Waals surface area contributed by atoms with Gasteiger partial charge in [0.05, 0.1) is 5.56 Å².